The molecule has 1 aromatic carbocycles. The third kappa shape index (κ3) is 4.31. The summed E-state index contributed by atoms with van der Waals surface area (Å²) in [5.41, 5.74) is 1.26. The van der Waals surface area contributed by atoms with Crippen LogP contribution in [0, 0.1) is 5.92 Å². The van der Waals surface area contributed by atoms with Gasteiger partial charge in [-0.25, -0.2) is 4.99 Å². The van der Waals surface area contributed by atoms with E-state index in [1.807, 2.05) is 18.2 Å². The number of rotatable bonds is 6. The van der Waals surface area contributed by atoms with Gasteiger partial charge in [0.05, 0.1) is 6.04 Å². The molecule has 0 saturated heterocycles. The van der Waals surface area contributed by atoms with Crippen molar-refractivity contribution in [1.82, 2.24) is 5.32 Å². The second-order valence-corrected chi connectivity index (χ2v) is 5.69. The number of carbonyl (C=O) groups excluding carboxylic acids is 1. The molecule has 1 amide bonds. The molecule has 21 heavy (non-hydrogen) atoms. The molecule has 0 aromatic heterocycles. The third-order valence-corrected chi connectivity index (χ3v) is 3.89. The standard InChI is InChI=1S/C17H24N2O2/c1-4-12(2)16(18-13(3)20)17-19-15(11-21-17)10-14-8-6-5-7-9-14/h5-9,12,15-16H,4,10-11H2,1-3H3,(H,18,20)/t12?,15-,16?/m0/s1. The molecule has 0 fully saturated rings. The summed E-state index contributed by atoms with van der Waals surface area (Å²) >= 11 is 0. The zero-order valence-electron chi connectivity index (χ0n) is 13.0. The van der Waals surface area contributed by atoms with Crippen molar-refractivity contribution in [2.45, 2.75) is 45.7 Å². The minimum atomic E-state index is -0.117. The Morgan fingerprint density at radius 2 is 2.14 bits per heavy atom. The van der Waals surface area contributed by atoms with Crippen molar-refractivity contribution in [3.63, 3.8) is 0 Å². The Hall–Kier alpha value is -1.84. The highest BCUT2D eigenvalue weighted by Gasteiger charge is 2.29. The van der Waals surface area contributed by atoms with Crippen LogP contribution in [-0.4, -0.2) is 30.5 Å². The summed E-state index contributed by atoms with van der Waals surface area (Å²) in [6.07, 6.45) is 1.84. The van der Waals surface area contributed by atoms with Gasteiger partial charge in [-0.1, -0.05) is 50.6 Å². The van der Waals surface area contributed by atoms with Gasteiger partial charge in [-0.15, -0.1) is 0 Å². The van der Waals surface area contributed by atoms with Crippen molar-refractivity contribution in [2.24, 2.45) is 10.9 Å². The molecule has 0 aliphatic carbocycles. The Balaban J connectivity index is 2.05. The number of amides is 1. The predicted molar refractivity (Wildman–Crippen MR) is 84.4 cm³/mol. The predicted octanol–water partition coefficient (Wildman–Crippen LogP) is 2.58. The summed E-state index contributed by atoms with van der Waals surface area (Å²) in [5.74, 6) is 0.946. The second kappa shape index (κ2) is 7.25. The molecular weight excluding hydrogens is 264 g/mol. The molecule has 1 heterocycles. The van der Waals surface area contributed by atoms with E-state index in [1.54, 1.807) is 0 Å². The van der Waals surface area contributed by atoms with Crippen molar-refractivity contribution in [3.05, 3.63) is 35.9 Å². The van der Waals surface area contributed by atoms with Crippen LogP contribution in [-0.2, 0) is 16.0 Å². The monoisotopic (exact) mass is 288 g/mol. The lowest BCUT2D eigenvalue weighted by Crippen LogP contribution is -2.44. The number of ether oxygens (including phenoxy) is 1. The SMILES string of the molecule is CCC(C)C(NC(C)=O)C1=N[C@@H](Cc2ccccc2)CO1. The number of hydrogen-bond donors (Lipinski definition) is 1. The van der Waals surface area contributed by atoms with E-state index in [0.29, 0.717) is 18.4 Å². The van der Waals surface area contributed by atoms with Gasteiger partial charge in [0.2, 0.25) is 11.8 Å². The Morgan fingerprint density at radius 3 is 2.76 bits per heavy atom. The quantitative estimate of drug-likeness (QED) is 0.874. The van der Waals surface area contributed by atoms with E-state index in [9.17, 15) is 4.79 Å². The normalized spacial score (nSPS) is 20.3. The molecule has 0 spiro atoms. The molecule has 0 bridgehead atoms. The average Bonchev–Trinajstić information content (AvgIpc) is 2.93. The number of aliphatic imine (C=N–C) groups is 1. The summed E-state index contributed by atoms with van der Waals surface area (Å²) in [6, 6.07) is 10.3. The summed E-state index contributed by atoms with van der Waals surface area (Å²) in [6.45, 7) is 6.34. The minimum absolute atomic E-state index is 0.0434. The molecule has 0 radical (unpaired) electrons. The fourth-order valence-corrected chi connectivity index (χ4v) is 2.50. The van der Waals surface area contributed by atoms with Crippen molar-refractivity contribution in [2.75, 3.05) is 6.61 Å². The highest BCUT2D eigenvalue weighted by atomic mass is 16.5. The van der Waals surface area contributed by atoms with Gasteiger partial charge >= 0.3 is 0 Å². The fourth-order valence-electron chi connectivity index (χ4n) is 2.50. The lowest BCUT2D eigenvalue weighted by molar-refractivity contribution is -0.119. The third-order valence-electron chi connectivity index (χ3n) is 3.89. The van der Waals surface area contributed by atoms with Gasteiger partial charge in [-0.2, -0.15) is 0 Å². The first-order valence-corrected chi connectivity index (χ1v) is 7.61. The maximum absolute atomic E-state index is 11.4. The first-order chi connectivity index (χ1) is 10.1. The number of carbonyl (C=O) groups is 1. The molecule has 3 atom stereocenters. The second-order valence-electron chi connectivity index (χ2n) is 5.69. The fraction of sp³-hybridized carbons (Fsp3) is 0.529. The van der Waals surface area contributed by atoms with Gasteiger partial charge in [-0.3, -0.25) is 4.79 Å². The Bertz CT molecular complexity index is 499. The zero-order chi connectivity index (χ0) is 15.2. The molecule has 2 unspecified atom stereocenters. The summed E-state index contributed by atoms with van der Waals surface area (Å²) in [7, 11) is 0. The highest BCUT2D eigenvalue weighted by Crippen LogP contribution is 2.18. The van der Waals surface area contributed by atoms with Gasteiger partial charge in [0.15, 0.2) is 0 Å². The lowest BCUT2D eigenvalue weighted by Gasteiger charge is -2.22. The first kappa shape index (κ1) is 15.5. The van der Waals surface area contributed by atoms with Crippen LogP contribution in [0.15, 0.2) is 35.3 Å². The maximum Gasteiger partial charge on any atom is 0.217 e. The van der Waals surface area contributed by atoms with Crippen LogP contribution in [0.2, 0.25) is 0 Å². The van der Waals surface area contributed by atoms with E-state index in [0.717, 1.165) is 12.8 Å². The summed E-state index contributed by atoms with van der Waals surface area (Å²) < 4.78 is 5.76. The topological polar surface area (TPSA) is 50.7 Å². The highest BCUT2D eigenvalue weighted by molar-refractivity contribution is 5.88. The zero-order valence-corrected chi connectivity index (χ0v) is 13.0. The van der Waals surface area contributed by atoms with Crippen molar-refractivity contribution in [1.29, 1.82) is 0 Å². The summed E-state index contributed by atoms with van der Waals surface area (Å²) in [4.78, 5) is 16.1. The van der Waals surface area contributed by atoms with Crippen LogP contribution in [0.4, 0.5) is 0 Å². The van der Waals surface area contributed by atoms with E-state index >= 15 is 0 Å². The van der Waals surface area contributed by atoms with Gasteiger partial charge in [-0.05, 0) is 17.9 Å². The minimum Gasteiger partial charge on any atom is -0.477 e. The molecule has 0 saturated carbocycles. The molecule has 1 aliphatic rings. The molecule has 1 aromatic rings. The van der Waals surface area contributed by atoms with Crippen molar-refractivity contribution >= 4 is 11.8 Å². The average molecular weight is 288 g/mol. The smallest absolute Gasteiger partial charge is 0.217 e. The van der Waals surface area contributed by atoms with E-state index in [2.05, 4.69) is 36.3 Å². The van der Waals surface area contributed by atoms with Gasteiger partial charge < -0.3 is 10.1 Å². The van der Waals surface area contributed by atoms with Crippen LogP contribution in [0.3, 0.4) is 0 Å². The largest absolute Gasteiger partial charge is 0.477 e. The van der Waals surface area contributed by atoms with Crippen LogP contribution in [0.1, 0.15) is 32.8 Å². The molecule has 4 nitrogen and oxygen atoms in total. The van der Waals surface area contributed by atoms with Gasteiger partial charge in [0.25, 0.3) is 0 Å². The molecule has 114 valence electrons. The van der Waals surface area contributed by atoms with Crippen LogP contribution < -0.4 is 5.32 Å². The van der Waals surface area contributed by atoms with Crippen LogP contribution in [0.5, 0.6) is 0 Å². The molecule has 1 aliphatic heterocycles. The van der Waals surface area contributed by atoms with E-state index in [4.69, 9.17) is 4.74 Å². The van der Waals surface area contributed by atoms with Gasteiger partial charge in [0.1, 0.15) is 12.6 Å². The maximum atomic E-state index is 11.4. The summed E-state index contributed by atoms with van der Waals surface area (Å²) in [5, 5.41) is 2.96. The Labute approximate surface area is 126 Å². The molecule has 1 N–H and O–H groups in total. The van der Waals surface area contributed by atoms with Crippen molar-refractivity contribution < 1.29 is 9.53 Å². The van der Waals surface area contributed by atoms with Crippen LogP contribution in [0.25, 0.3) is 0 Å². The molecule has 4 heteroatoms. The first-order valence-electron chi connectivity index (χ1n) is 7.61. The number of nitrogens with one attached hydrogen (secondary N) is 1. The van der Waals surface area contributed by atoms with Crippen LogP contribution >= 0.6 is 0 Å². The van der Waals surface area contributed by atoms with E-state index in [-0.39, 0.29) is 18.0 Å². The van der Waals surface area contributed by atoms with E-state index in [1.165, 1.54) is 12.5 Å². The van der Waals surface area contributed by atoms with E-state index < -0.39 is 0 Å². The Morgan fingerprint density at radius 1 is 1.43 bits per heavy atom. The lowest BCUT2D eigenvalue weighted by atomic mass is 9.99. The Kier molecular flexibility index (Phi) is 5.37. The number of hydrogen-bond acceptors (Lipinski definition) is 3. The van der Waals surface area contributed by atoms with Gasteiger partial charge in [0, 0.05) is 6.92 Å². The van der Waals surface area contributed by atoms with Crippen molar-refractivity contribution in [3.8, 4) is 0 Å². The molecular formula is C17H24N2O2. The molecule has 2 rings (SSSR count). The number of nitrogens with zero attached hydrogens (tertiary/aromatic N) is 1. The number of benzene rings is 1.